The summed E-state index contributed by atoms with van der Waals surface area (Å²) in [6.07, 6.45) is 3.30. The van der Waals surface area contributed by atoms with Crippen molar-refractivity contribution in [2.24, 2.45) is 0 Å². The maximum Gasteiger partial charge on any atom is 0.137 e. The van der Waals surface area contributed by atoms with Crippen LogP contribution in [0.4, 0.5) is 0 Å². The molecule has 0 bridgehead atoms. The summed E-state index contributed by atoms with van der Waals surface area (Å²) in [4.78, 5) is 5.27. The van der Waals surface area contributed by atoms with Gasteiger partial charge in [0.15, 0.2) is 0 Å². The Balaban J connectivity index is 1.88. The van der Waals surface area contributed by atoms with E-state index < -0.39 is 0 Å². The highest BCUT2D eigenvalue weighted by molar-refractivity contribution is 9.11. The van der Waals surface area contributed by atoms with Crippen molar-refractivity contribution >= 4 is 27.3 Å². The van der Waals surface area contributed by atoms with Gasteiger partial charge in [-0.3, -0.25) is 4.68 Å². The van der Waals surface area contributed by atoms with E-state index in [-0.39, 0.29) is 0 Å². The standard InChI is InChI=1S/C11H15BrN4S/c1-8(5-16-7-13-6-14-16)15-9(2)10-3-4-11(12)17-10/h3-4,6-9,15H,5H2,1-2H3/t8-,9+/m0/s1. The van der Waals surface area contributed by atoms with E-state index in [4.69, 9.17) is 0 Å². The van der Waals surface area contributed by atoms with E-state index in [0.29, 0.717) is 12.1 Å². The molecule has 0 aliphatic heterocycles. The lowest BCUT2D eigenvalue weighted by atomic mass is 10.2. The molecule has 0 aliphatic rings. The zero-order chi connectivity index (χ0) is 12.3. The van der Waals surface area contributed by atoms with Crippen LogP contribution in [-0.2, 0) is 6.54 Å². The fraction of sp³-hybridized carbons (Fsp3) is 0.455. The van der Waals surface area contributed by atoms with Crippen LogP contribution in [-0.4, -0.2) is 20.8 Å². The molecule has 2 aromatic heterocycles. The number of nitrogens with one attached hydrogen (secondary N) is 1. The average Bonchev–Trinajstić information content (AvgIpc) is 2.89. The summed E-state index contributed by atoms with van der Waals surface area (Å²) in [7, 11) is 0. The first-order valence-corrected chi connectivity index (χ1v) is 7.10. The minimum absolute atomic E-state index is 0.352. The second-order valence-electron chi connectivity index (χ2n) is 4.05. The van der Waals surface area contributed by atoms with E-state index in [9.17, 15) is 0 Å². The van der Waals surface area contributed by atoms with Crippen molar-refractivity contribution in [1.82, 2.24) is 20.1 Å². The topological polar surface area (TPSA) is 42.7 Å². The molecule has 2 aromatic rings. The van der Waals surface area contributed by atoms with Crippen LogP contribution in [0.1, 0.15) is 24.8 Å². The molecule has 0 spiro atoms. The van der Waals surface area contributed by atoms with Crippen molar-refractivity contribution in [3.63, 3.8) is 0 Å². The van der Waals surface area contributed by atoms with Crippen molar-refractivity contribution in [2.45, 2.75) is 32.5 Å². The Morgan fingerprint density at radius 2 is 2.29 bits per heavy atom. The fourth-order valence-corrected chi connectivity index (χ4v) is 3.17. The Bertz CT molecular complexity index is 454. The maximum absolute atomic E-state index is 4.10. The van der Waals surface area contributed by atoms with E-state index in [0.717, 1.165) is 6.54 Å². The van der Waals surface area contributed by atoms with E-state index in [1.54, 1.807) is 24.0 Å². The molecular formula is C11H15BrN4S. The molecule has 0 saturated carbocycles. The summed E-state index contributed by atoms with van der Waals surface area (Å²) in [5.74, 6) is 0. The van der Waals surface area contributed by atoms with Crippen LogP contribution in [0.3, 0.4) is 0 Å². The lowest BCUT2D eigenvalue weighted by molar-refractivity contribution is 0.415. The number of aromatic nitrogens is 3. The maximum atomic E-state index is 4.10. The van der Waals surface area contributed by atoms with Crippen molar-refractivity contribution in [1.29, 1.82) is 0 Å². The average molecular weight is 315 g/mol. The summed E-state index contributed by atoms with van der Waals surface area (Å²) in [6.45, 7) is 5.16. The predicted octanol–water partition coefficient (Wildman–Crippen LogP) is 2.84. The van der Waals surface area contributed by atoms with E-state index in [1.165, 1.54) is 8.66 Å². The smallest absolute Gasteiger partial charge is 0.137 e. The first-order chi connectivity index (χ1) is 8.15. The molecule has 0 radical (unpaired) electrons. The van der Waals surface area contributed by atoms with Crippen LogP contribution < -0.4 is 5.32 Å². The third-order valence-corrected chi connectivity index (χ3v) is 4.29. The monoisotopic (exact) mass is 314 g/mol. The Kier molecular flexibility index (Phi) is 4.31. The van der Waals surface area contributed by atoms with Crippen LogP contribution in [0.15, 0.2) is 28.6 Å². The van der Waals surface area contributed by atoms with Gasteiger partial charge in [0.1, 0.15) is 12.7 Å². The molecule has 0 saturated heterocycles. The van der Waals surface area contributed by atoms with Gasteiger partial charge in [-0.1, -0.05) is 0 Å². The van der Waals surface area contributed by atoms with Crippen molar-refractivity contribution in [2.75, 3.05) is 0 Å². The van der Waals surface area contributed by atoms with E-state index >= 15 is 0 Å². The molecule has 0 amide bonds. The molecule has 2 heterocycles. The van der Waals surface area contributed by atoms with Crippen molar-refractivity contribution in [3.05, 3.63) is 33.5 Å². The zero-order valence-corrected chi connectivity index (χ0v) is 12.2. The van der Waals surface area contributed by atoms with Gasteiger partial charge < -0.3 is 5.32 Å². The van der Waals surface area contributed by atoms with Gasteiger partial charge in [0.05, 0.1) is 10.3 Å². The minimum atomic E-state index is 0.352. The van der Waals surface area contributed by atoms with Crippen LogP contribution in [0.2, 0.25) is 0 Å². The Hall–Kier alpha value is -0.720. The van der Waals surface area contributed by atoms with Gasteiger partial charge in [0.25, 0.3) is 0 Å². The van der Waals surface area contributed by atoms with Crippen LogP contribution >= 0.6 is 27.3 Å². The SMILES string of the molecule is C[C@@H](Cn1cncn1)N[C@H](C)c1ccc(Br)s1. The number of hydrogen-bond acceptors (Lipinski definition) is 4. The van der Waals surface area contributed by atoms with Crippen LogP contribution in [0.25, 0.3) is 0 Å². The number of thiophene rings is 1. The normalized spacial score (nSPS) is 14.8. The Morgan fingerprint density at radius 3 is 2.88 bits per heavy atom. The largest absolute Gasteiger partial charge is 0.305 e. The summed E-state index contributed by atoms with van der Waals surface area (Å²) < 4.78 is 3.01. The molecule has 92 valence electrons. The van der Waals surface area contributed by atoms with Crippen molar-refractivity contribution in [3.8, 4) is 0 Å². The quantitative estimate of drug-likeness (QED) is 0.922. The number of nitrogens with zero attached hydrogens (tertiary/aromatic N) is 3. The van der Waals surface area contributed by atoms with Gasteiger partial charge in [-0.25, -0.2) is 4.98 Å². The summed E-state index contributed by atoms with van der Waals surface area (Å²) in [5, 5.41) is 7.65. The molecular weight excluding hydrogens is 300 g/mol. The molecule has 0 aliphatic carbocycles. The number of halogens is 1. The van der Waals surface area contributed by atoms with Crippen LogP contribution in [0, 0.1) is 0 Å². The highest BCUT2D eigenvalue weighted by Crippen LogP contribution is 2.27. The van der Waals surface area contributed by atoms with E-state index in [1.807, 2.05) is 4.68 Å². The third-order valence-electron chi connectivity index (χ3n) is 2.48. The molecule has 1 N–H and O–H groups in total. The minimum Gasteiger partial charge on any atom is -0.305 e. The first-order valence-electron chi connectivity index (χ1n) is 5.49. The summed E-state index contributed by atoms with van der Waals surface area (Å²) in [5.41, 5.74) is 0. The third kappa shape index (κ3) is 3.62. The molecule has 17 heavy (non-hydrogen) atoms. The lowest BCUT2D eigenvalue weighted by Crippen LogP contribution is -2.32. The van der Waals surface area contributed by atoms with Crippen molar-refractivity contribution < 1.29 is 0 Å². The fourth-order valence-electron chi connectivity index (χ4n) is 1.73. The lowest BCUT2D eigenvalue weighted by Gasteiger charge is -2.18. The molecule has 2 rings (SSSR count). The van der Waals surface area contributed by atoms with E-state index in [2.05, 4.69) is 57.3 Å². The molecule has 0 fully saturated rings. The summed E-state index contributed by atoms with van der Waals surface area (Å²) >= 11 is 5.25. The van der Waals surface area contributed by atoms with Gasteiger partial charge >= 0.3 is 0 Å². The van der Waals surface area contributed by atoms with Gasteiger partial charge in [-0.05, 0) is 41.9 Å². The van der Waals surface area contributed by atoms with Gasteiger partial charge in [0, 0.05) is 17.0 Å². The van der Waals surface area contributed by atoms with Gasteiger partial charge in [0.2, 0.25) is 0 Å². The van der Waals surface area contributed by atoms with Gasteiger partial charge in [-0.15, -0.1) is 11.3 Å². The molecule has 4 nitrogen and oxygen atoms in total. The highest BCUT2D eigenvalue weighted by atomic mass is 79.9. The molecule has 0 unspecified atom stereocenters. The van der Waals surface area contributed by atoms with Crippen LogP contribution in [0.5, 0.6) is 0 Å². The number of rotatable bonds is 5. The number of hydrogen-bond donors (Lipinski definition) is 1. The van der Waals surface area contributed by atoms with Gasteiger partial charge in [-0.2, -0.15) is 5.10 Å². The Labute approximate surface area is 113 Å². The predicted molar refractivity (Wildman–Crippen MR) is 73.1 cm³/mol. The molecule has 6 heteroatoms. The summed E-state index contributed by atoms with van der Waals surface area (Å²) in [6, 6.07) is 4.94. The zero-order valence-electron chi connectivity index (χ0n) is 9.80. The highest BCUT2D eigenvalue weighted by Gasteiger charge is 2.11. The molecule has 0 aromatic carbocycles. The second-order valence-corrected chi connectivity index (χ2v) is 6.54. The molecule has 2 atom stereocenters. The second kappa shape index (κ2) is 5.75. The Morgan fingerprint density at radius 1 is 1.47 bits per heavy atom. The first kappa shape index (κ1) is 12.7.